The summed E-state index contributed by atoms with van der Waals surface area (Å²) in [6.07, 6.45) is 5.83. The van der Waals surface area contributed by atoms with Crippen LogP contribution in [0.5, 0.6) is 0 Å². The Kier molecular flexibility index (Phi) is 4.69. The van der Waals surface area contributed by atoms with Crippen LogP contribution in [0.3, 0.4) is 0 Å². The molecule has 1 fully saturated rings. The maximum absolute atomic E-state index is 12.2. The van der Waals surface area contributed by atoms with Gasteiger partial charge in [-0.2, -0.15) is 0 Å². The number of ether oxygens (including phenoxy) is 4. The van der Waals surface area contributed by atoms with Gasteiger partial charge in [0.15, 0.2) is 0 Å². The van der Waals surface area contributed by atoms with E-state index in [1.165, 1.54) is 0 Å². The molecule has 5 atom stereocenters. The molecular formula is C20H28O5. The predicted molar refractivity (Wildman–Crippen MR) is 93.8 cm³/mol. The second-order valence-electron chi connectivity index (χ2n) is 7.86. The molecular weight excluding hydrogens is 320 g/mol. The van der Waals surface area contributed by atoms with Gasteiger partial charge in [-0.25, -0.2) is 4.79 Å². The van der Waals surface area contributed by atoms with Crippen molar-refractivity contribution in [3.63, 3.8) is 0 Å². The third kappa shape index (κ3) is 3.21. The quantitative estimate of drug-likeness (QED) is 0.444. The number of rotatable bonds is 4. The normalized spacial score (nSPS) is 40.4. The van der Waals surface area contributed by atoms with Crippen molar-refractivity contribution in [3.05, 3.63) is 36.0 Å². The Balaban J connectivity index is 2.02. The number of hydrogen-bond donors (Lipinski definition) is 0. The molecule has 0 amide bonds. The van der Waals surface area contributed by atoms with Gasteiger partial charge in [0.1, 0.15) is 6.10 Å². The monoisotopic (exact) mass is 348 g/mol. The van der Waals surface area contributed by atoms with Gasteiger partial charge < -0.3 is 18.9 Å². The van der Waals surface area contributed by atoms with Gasteiger partial charge in [-0.3, -0.25) is 0 Å². The fraction of sp³-hybridized carbons (Fsp3) is 0.650. The van der Waals surface area contributed by atoms with Crippen LogP contribution in [0, 0.1) is 11.8 Å². The van der Waals surface area contributed by atoms with Crippen molar-refractivity contribution < 1.29 is 23.7 Å². The topological polar surface area (TPSA) is 54.0 Å². The Morgan fingerprint density at radius 2 is 2.12 bits per heavy atom. The molecule has 5 nitrogen and oxygen atoms in total. The first-order valence-electron chi connectivity index (χ1n) is 8.86. The van der Waals surface area contributed by atoms with Crippen molar-refractivity contribution in [2.75, 3.05) is 13.7 Å². The van der Waals surface area contributed by atoms with Crippen molar-refractivity contribution in [3.8, 4) is 0 Å². The van der Waals surface area contributed by atoms with E-state index < -0.39 is 17.5 Å². The van der Waals surface area contributed by atoms with Crippen LogP contribution in [0.2, 0.25) is 0 Å². The van der Waals surface area contributed by atoms with Gasteiger partial charge in [-0.05, 0) is 37.5 Å². The summed E-state index contributed by atoms with van der Waals surface area (Å²) in [7, 11) is 1.62. The van der Waals surface area contributed by atoms with Gasteiger partial charge in [0.25, 0.3) is 0 Å². The summed E-state index contributed by atoms with van der Waals surface area (Å²) < 4.78 is 23.8. The van der Waals surface area contributed by atoms with Gasteiger partial charge in [0, 0.05) is 25.7 Å². The minimum absolute atomic E-state index is 0.219. The third-order valence-electron chi connectivity index (χ3n) is 5.22. The summed E-state index contributed by atoms with van der Waals surface area (Å²) in [5.41, 5.74) is 0.782. The highest BCUT2D eigenvalue weighted by molar-refractivity contribution is 5.91. The number of methoxy groups -OCH3 is 1. The van der Waals surface area contributed by atoms with E-state index in [0.717, 1.165) is 5.57 Å². The second-order valence-corrected chi connectivity index (χ2v) is 7.86. The van der Waals surface area contributed by atoms with Crippen LogP contribution >= 0.6 is 0 Å². The van der Waals surface area contributed by atoms with Crippen LogP contribution in [-0.2, 0) is 23.7 Å². The largest absolute Gasteiger partial charge is 0.454 e. The minimum atomic E-state index is -0.928. The molecule has 3 aliphatic heterocycles. The van der Waals surface area contributed by atoms with E-state index >= 15 is 0 Å². The fourth-order valence-corrected chi connectivity index (χ4v) is 3.84. The van der Waals surface area contributed by atoms with Gasteiger partial charge in [-0.1, -0.05) is 26.5 Å². The predicted octanol–water partition coefficient (Wildman–Crippen LogP) is 3.16. The molecule has 138 valence electrons. The molecule has 5 heteroatoms. The molecule has 0 aromatic carbocycles. The van der Waals surface area contributed by atoms with E-state index in [2.05, 4.69) is 20.4 Å². The molecule has 3 heterocycles. The van der Waals surface area contributed by atoms with Crippen molar-refractivity contribution in [2.45, 2.75) is 57.7 Å². The number of esters is 1. The molecule has 0 aromatic rings. The minimum Gasteiger partial charge on any atom is -0.454 e. The molecule has 0 aromatic heterocycles. The second kappa shape index (κ2) is 6.38. The van der Waals surface area contributed by atoms with Gasteiger partial charge in [0.2, 0.25) is 5.79 Å². The highest BCUT2D eigenvalue weighted by Gasteiger charge is 2.51. The SMILES string of the molecule is C=C1C(=O)OC2C=C(C)C3(OC)C=CC(C)(CC(OCC(C)C)C12)O3. The van der Waals surface area contributed by atoms with E-state index in [1.807, 2.05) is 32.1 Å². The van der Waals surface area contributed by atoms with Crippen LogP contribution < -0.4 is 0 Å². The average Bonchev–Trinajstić information content (AvgIpc) is 3.03. The van der Waals surface area contributed by atoms with Crippen LogP contribution in [0.1, 0.15) is 34.1 Å². The Bertz CT molecular complexity index is 634. The molecule has 3 rings (SSSR count). The molecule has 0 spiro atoms. The number of carbonyl (C=O) groups is 1. The van der Waals surface area contributed by atoms with Gasteiger partial charge in [-0.15, -0.1) is 0 Å². The standard InChI is InChI=1S/C20H28O5/c1-12(2)11-23-16-10-19(5)7-8-20(22-6,25-19)13(3)9-15-17(16)14(4)18(21)24-15/h7-9,12,15-17H,4,10-11H2,1-3,5-6H3. The smallest absolute Gasteiger partial charge is 0.334 e. The van der Waals surface area contributed by atoms with Crippen molar-refractivity contribution in [2.24, 2.45) is 11.8 Å². The molecule has 25 heavy (non-hydrogen) atoms. The van der Waals surface area contributed by atoms with Gasteiger partial charge >= 0.3 is 5.97 Å². The maximum atomic E-state index is 12.2. The van der Waals surface area contributed by atoms with Crippen LogP contribution in [0.15, 0.2) is 36.0 Å². The summed E-state index contributed by atoms with van der Waals surface area (Å²) in [4.78, 5) is 12.2. The Morgan fingerprint density at radius 1 is 1.40 bits per heavy atom. The molecule has 2 bridgehead atoms. The van der Waals surface area contributed by atoms with Crippen LogP contribution in [-0.4, -0.2) is 43.3 Å². The number of fused-ring (bicyclic) bond motifs is 3. The molecule has 5 unspecified atom stereocenters. The highest BCUT2D eigenvalue weighted by atomic mass is 16.7. The van der Waals surface area contributed by atoms with Crippen molar-refractivity contribution >= 4 is 5.97 Å². The summed E-state index contributed by atoms with van der Waals surface area (Å²) in [6.45, 7) is 12.7. The van der Waals surface area contributed by atoms with Crippen molar-refractivity contribution in [1.82, 2.24) is 0 Å². The first-order chi connectivity index (χ1) is 11.7. The molecule has 0 saturated carbocycles. The van der Waals surface area contributed by atoms with E-state index in [0.29, 0.717) is 24.5 Å². The molecule has 0 N–H and O–H groups in total. The summed E-state index contributed by atoms with van der Waals surface area (Å²) in [5, 5.41) is 0. The Labute approximate surface area is 149 Å². The third-order valence-corrected chi connectivity index (χ3v) is 5.22. The average molecular weight is 348 g/mol. The van der Waals surface area contributed by atoms with E-state index in [9.17, 15) is 4.79 Å². The van der Waals surface area contributed by atoms with Crippen LogP contribution in [0.4, 0.5) is 0 Å². The first-order valence-corrected chi connectivity index (χ1v) is 8.86. The number of carbonyl (C=O) groups excluding carboxylic acids is 1. The Morgan fingerprint density at radius 3 is 2.76 bits per heavy atom. The zero-order valence-corrected chi connectivity index (χ0v) is 15.7. The first kappa shape index (κ1) is 18.4. The lowest BCUT2D eigenvalue weighted by atomic mass is 9.83. The van der Waals surface area contributed by atoms with E-state index in [1.54, 1.807) is 7.11 Å². The zero-order chi connectivity index (χ0) is 18.4. The van der Waals surface area contributed by atoms with E-state index in [-0.39, 0.29) is 18.0 Å². The zero-order valence-electron chi connectivity index (χ0n) is 15.7. The highest BCUT2D eigenvalue weighted by Crippen LogP contribution is 2.45. The molecule has 1 saturated heterocycles. The summed E-state index contributed by atoms with van der Waals surface area (Å²) in [6, 6.07) is 0. The van der Waals surface area contributed by atoms with Gasteiger partial charge in [0.05, 0.1) is 17.6 Å². The fourth-order valence-electron chi connectivity index (χ4n) is 3.84. The lowest BCUT2D eigenvalue weighted by Gasteiger charge is -2.35. The molecule has 3 aliphatic rings. The lowest BCUT2D eigenvalue weighted by molar-refractivity contribution is -0.204. The Hall–Kier alpha value is -1.43. The molecule has 0 aliphatic carbocycles. The molecule has 0 radical (unpaired) electrons. The maximum Gasteiger partial charge on any atom is 0.334 e. The van der Waals surface area contributed by atoms with Crippen molar-refractivity contribution in [1.29, 1.82) is 0 Å². The number of hydrogen-bond acceptors (Lipinski definition) is 5. The lowest BCUT2D eigenvalue weighted by Crippen LogP contribution is -2.41. The summed E-state index contributed by atoms with van der Waals surface area (Å²) >= 11 is 0. The van der Waals surface area contributed by atoms with Crippen LogP contribution in [0.25, 0.3) is 0 Å². The van der Waals surface area contributed by atoms with E-state index in [4.69, 9.17) is 18.9 Å². The summed E-state index contributed by atoms with van der Waals surface area (Å²) in [5.74, 6) is -1.11.